The molecule has 0 atom stereocenters. The van der Waals surface area contributed by atoms with E-state index in [2.05, 4.69) is 96.6 Å². The highest BCUT2D eigenvalue weighted by atomic mass is 79.9. The lowest BCUT2D eigenvalue weighted by Gasteiger charge is -2.09. The first kappa shape index (κ1) is 16.8. The van der Waals surface area contributed by atoms with Gasteiger partial charge in [-0.1, -0.05) is 42.5 Å². The second-order valence-corrected chi connectivity index (χ2v) is 8.30. The minimum Gasteiger partial charge on any atom is -0.294 e. The van der Waals surface area contributed by atoms with Gasteiger partial charge in [-0.2, -0.15) is 4.37 Å². The van der Waals surface area contributed by atoms with Gasteiger partial charge in [0.15, 0.2) is 0 Å². The molecule has 0 saturated heterocycles. The standard InChI is InChI=1S/C23H13BrN4S/c24-23-26-22(29-27-23)16-8-10-18-19-6-3-11-25-21(19)28(20(18)13-16)17-9-7-14-4-1-2-5-15(14)12-17/h1-13H. The molecular weight excluding hydrogens is 444 g/mol. The van der Waals surface area contributed by atoms with Crippen molar-refractivity contribution in [3.8, 4) is 16.3 Å². The molecular formula is C23H13BrN4S. The molecule has 3 heterocycles. The molecule has 6 heteroatoms. The van der Waals surface area contributed by atoms with Crippen LogP contribution < -0.4 is 0 Å². The second-order valence-electron chi connectivity index (χ2n) is 6.84. The Hall–Kier alpha value is -3.09. The average molecular weight is 457 g/mol. The van der Waals surface area contributed by atoms with Crippen LogP contribution in [0.1, 0.15) is 0 Å². The Morgan fingerprint density at radius 3 is 2.59 bits per heavy atom. The third kappa shape index (κ3) is 2.68. The van der Waals surface area contributed by atoms with E-state index in [0.29, 0.717) is 4.73 Å². The maximum Gasteiger partial charge on any atom is 0.209 e. The van der Waals surface area contributed by atoms with E-state index in [1.165, 1.54) is 27.7 Å². The summed E-state index contributed by atoms with van der Waals surface area (Å²) >= 11 is 4.74. The monoisotopic (exact) mass is 456 g/mol. The van der Waals surface area contributed by atoms with E-state index in [9.17, 15) is 0 Å². The van der Waals surface area contributed by atoms with Crippen molar-refractivity contribution < 1.29 is 0 Å². The van der Waals surface area contributed by atoms with Crippen LogP contribution >= 0.6 is 27.5 Å². The molecule has 6 rings (SSSR count). The van der Waals surface area contributed by atoms with Crippen LogP contribution in [0.15, 0.2) is 83.7 Å². The van der Waals surface area contributed by atoms with Gasteiger partial charge in [0.2, 0.25) is 4.73 Å². The first-order chi connectivity index (χ1) is 14.3. The van der Waals surface area contributed by atoms with Crippen LogP contribution in [0.25, 0.3) is 49.0 Å². The number of pyridine rings is 1. The lowest BCUT2D eigenvalue weighted by Crippen LogP contribution is -1.95. The number of rotatable bonds is 2. The minimum absolute atomic E-state index is 0.620. The fourth-order valence-corrected chi connectivity index (χ4v) is 4.95. The van der Waals surface area contributed by atoms with E-state index in [1.807, 2.05) is 12.3 Å². The van der Waals surface area contributed by atoms with Crippen molar-refractivity contribution in [3.63, 3.8) is 0 Å². The second kappa shape index (κ2) is 6.47. The third-order valence-corrected chi connectivity index (χ3v) is 6.52. The molecule has 0 amide bonds. The molecule has 138 valence electrons. The molecule has 0 saturated carbocycles. The van der Waals surface area contributed by atoms with Crippen molar-refractivity contribution in [2.45, 2.75) is 0 Å². The summed E-state index contributed by atoms with van der Waals surface area (Å²) in [5, 5.41) is 5.64. The quantitative estimate of drug-likeness (QED) is 0.294. The van der Waals surface area contributed by atoms with Crippen LogP contribution in [0.2, 0.25) is 0 Å². The molecule has 29 heavy (non-hydrogen) atoms. The SMILES string of the molecule is Brc1nsc(-c2ccc3c4cccnc4n(-c4ccc5ccccc5c4)c3c2)n1. The van der Waals surface area contributed by atoms with E-state index < -0.39 is 0 Å². The molecule has 0 N–H and O–H groups in total. The number of aromatic nitrogens is 4. The zero-order valence-electron chi connectivity index (χ0n) is 15.1. The Kier molecular flexibility index (Phi) is 3.76. The Balaban J connectivity index is 1.69. The van der Waals surface area contributed by atoms with Gasteiger partial charge >= 0.3 is 0 Å². The van der Waals surface area contributed by atoms with Crippen molar-refractivity contribution in [3.05, 3.63) is 83.7 Å². The fraction of sp³-hybridized carbons (Fsp3) is 0. The van der Waals surface area contributed by atoms with Gasteiger partial charge in [-0.3, -0.25) is 4.57 Å². The summed E-state index contributed by atoms with van der Waals surface area (Å²) in [5.74, 6) is 0. The molecule has 3 aromatic carbocycles. The number of hydrogen-bond acceptors (Lipinski definition) is 4. The molecule has 3 aromatic heterocycles. The highest BCUT2D eigenvalue weighted by Gasteiger charge is 2.15. The molecule has 0 fully saturated rings. The Bertz CT molecular complexity index is 1530. The Morgan fingerprint density at radius 2 is 1.72 bits per heavy atom. The predicted octanol–water partition coefficient (Wildman–Crippen LogP) is 6.61. The van der Waals surface area contributed by atoms with Gasteiger partial charge in [0.25, 0.3) is 0 Å². The number of halogens is 1. The predicted molar refractivity (Wildman–Crippen MR) is 123 cm³/mol. The summed E-state index contributed by atoms with van der Waals surface area (Å²) in [4.78, 5) is 9.20. The van der Waals surface area contributed by atoms with Gasteiger partial charge in [-0.15, -0.1) is 0 Å². The zero-order valence-corrected chi connectivity index (χ0v) is 17.5. The Labute approximate surface area is 178 Å². The van der Waals surface area contributed by atoms with Crippen molar-refractivity contribution in [2.24, 2.45) is 0 Å². The highest BCUT2D eigenvalue weighted by molar-refractivity contribution is 9.10. The first-order valence-electron chi connectivity index (χ1n) is 9.16. The summed E-state index contributed by atoms with van der Waals surface area (Å²) < 4.78 is 7.11. The largest absolute Gasteiger partial charge is 0.294 e. The van der Waals surface area contributed by atoms with Crippen LogP contribution in [-0.4, -0.2) is 18.9 Å². The van der Waals surface area contributed by atoms with Crippen LogP contribution in [0.4, 0.5) is 0 Å². The molecule has 6 aromatic rings. The number of fused-ring (bicyclic) bond motifs is 4. The molecule has 0 radical (unpaired) electrons. The topological polar surface area (TPSA) is 43.6 Å². The van der Waals surface area contributed by atoms with Crippen molar-refractivity contribution in [1.82, 2.24) is 18.9 Å². The van der Waals surface area contributed by atoms with Crippen LogP contribution in [0.5, 0.6) is 0 Å². The maximum absolute atomic E-state index is 4.71. The van der Waals surface area contributed by atoms with E-state index in [-0.39, 0.29) is 0 Å². The number of hydrogen-bond donors (Lipinski definition) is 0. The van der Waals surface area contributed by atoms with Crippen LogP contribution in [0.3, 0.4) is 0 Å². The Morgan fingerprint density at radius 1 is 0.828 bits per heavy atom. The summed E-state index contributed by atoms with van der Waals surface area (Å²) in [7, 11) is 0. The fourth-order valence-electron chi connectivity index (χ4n) is 3.88. The van der Waals surface area contributed by atoms with Gasteiger partial charge in [0, 0.05) is 28.2 Å². The van der Waals surface area contributed by atoms with E-state index in [4.69, 9.17) is 4.98 Å². The normalized spacial score (nSPS) is 11.6. The molecule has 0 aliphatic rings. The van der Waals surface area contributed by atoms with Crippen molar-refractivity contribution >= 4 is 60.2 Å². The van der Waals surface area contributed by atoms with E-state index in [0.717, 1.165) is 32.8 Å². The molecule has 4 nitrogen and oxygen atoms in total. The van der Waals surface area contributed by atoms with Crippen molar-refractivity contribution in [2.75, 3.05) is 0 Å². The molecule has 0 aliphatic heterocycles. The summed E-state index contributed by atoms with van der Waals surface area (Å²) in [6.45, 7) is 0. The van der Waals surface area contributed by atoms with Crippen molar-refractivity contribution in [1.29, 1.82) is 0 Å². The molecule has 0 aliphatic carbocycles. The van der Waals surface area contributed by atoms with Crippen LogP contribution in [0, 0.1) is 0 Å². The number of benzene rings is 3. The van der Waals surface area contributed by atoms with Gasteiger partial charge in [0.05, 0.1) is 5.52 Å². The highest BCUT2D eigenvalue weighted by Crippen LogP contribution is 2.35. The molecule has 0 bridgehead atoms. The minimum atomic E-state index is 0.620. The van der Waals surface area contributed by atoms with Crippen LogP contribution in [-0.2, 0) is 0 Å². The zero-order chi connectivity index (χ0) is 19.4. The maximum atomic E-state index is 4.71. The lowest BCUT2D eigenvalue weighted by molar-refractivity contribution is 1.14. The van der Waals surface area contributed by atoms with Gasteiger partial charge < -0.3 is 0 Å². The number of nitrogens with zero attached hydrogens (tertiary/aromatic N) is 4. The van der Waals surface area contributed by atoms with Gasteiger partial charge in [0.1, 0.15) is 10.7 Å². The third-order valence-electron chi connectivity index (χ3n) is 5.17. The summed E-state index contributed by atoms with van der Waals surface area (Å²) in [6, 6.07) is 25.5. The van der Waals surface area contributed by atoms with E-state index in [1.54, 1.807) is 0 Å². The lowest BCUT2D eigenvalue weighted by atomic mass is 10.1. The first-order valence-corrected chi connectivity index (χ1v) is 10.7. The molecule has 0 spiro atoms. The van der Waals surface area contributed by atoms with Gasteiger partial charge in [-0.05, 0) is 68.6 Å². The molecule has 0 unspecified atom stereocenters. The summed E-state index contributed by atoms with van der Waals surface area (Å²) in [6.07, 6.45) is 1.85. The van der Waals surface area contributed by atoms with E-state index >= 15 is 0 Å². The van der Waals surface area contributed by atoms with Gasteiger partial charge in [-0.25, -0.2) is 9.97 Å². The smallest absolute Gasteiger partial charge is 0.209 e. The summed E-state index contributed by atoms with van der Waals surface area (Å²) in [5.41, 5.74) is 4.20. The average Bonchev–Trinajstić information content (AvgIpc) is 3.34.